The maximum atomic E-state index is 6.13. The highest BCUT2D eigenvalue weighted by atomic mass is 16.5. The molecule has 1 saturated carbocycles. The summed E-state index contributed by atoms with van der Waals surface area (Å²) in [6.07, 6.45) is 5.24. The van der Waals surface area contributed by atoms with Crippen molar-refractivity contribution in [1.82, 2.24) is 4.90 Å². The fourth-order valence-electron chi connectivity index (χ4n) is 4.51. The molecule has 2 aliphatic rings. The van der Waals surface area contributed by atoms with Crippen molar-refractivity contribution in [2.24, 2.45) is 0 Å². The van der Waals surface area contributed by atoms with Gasteiger partial charge in [-0.1, -0.05) is 25.0 Å². The lowest BCUT2D eigenvalue weighted by Gasteiger charge is -2.26. The van der Waals surface area contributed by atoms with Gasteiger partial charge in [0.1, 0.15) is 6.61 Å². The minimum absolute atomic E-state index is 0.663. The van der Waals surface area contributed by atoms with E-state index in [4.69, 9.17) is 18.9 Å². The van der Waals surface area contributed by atoms with Gasteiger partial charge in [0.25, 0.3) is 0 Å². The van der Waals surface area contributed by atoms with E-state index in [1.54, 1.807) is 21.3 Å². The minimum atomic E-state index is 0.663. The predicted molar refractivity (Wildman–Crippen MR) is 110 cm³/mol. The second-order valence-corrected chi connectivity index (χ2v) is 7.47. The first-order valence-corrected chi connectivity index (χ1v) is 10.0. The van der Waals surface area contributed by atoms with E-state index in [2.05, 4.69) is 17.0 Å². The van der Waals surface area contributed by atoms with Crippen LogP contribution in [0.3, 0.4) is 0 Å². The van der Waals surface area contributed by atoms with E-state index in [9.17, 15) is 0 Å². The van der Waals surface area contributed by atoms with Gasteiger partial charge in [0.05, 0.1) is 21.3 Å². The zero-order valence-corrected chi connectivity index (χ0v) is 17.0. The van der Waals surface area contributed by atoms with E-state index < -0.39 is 0 Å². The van der Waals surface area contributed by atoms with E-state index in [-0.39, 0.29) is 0 Å². The van der Waals surface area contributed by atoms with Crippen molar-refractivity contribution < 1.29 is 18.9 Å². The Morgan fingerprint density at radius 2 is 1.75 bits per heavy atom. The molecule has 1 aliphatic carbocycles. The third kappa shape index (κ3) is 3.51. The summed E-state index contributed by atoms with van der Waals surface area (Å²) in [5.41, 5.74) is 3.20. The fraction of sp³-hybridized carbons (Fsp3) is 0.478. The van der Waals surface area contributed by atoms with Gasteiger partial charge >= 0.3 is 0 Å². The van der Waals surface area contributed by atoms with Crippen molar-refractivity contribution in [3.63, 3.8) is 0 Å². The Kier molecular flexibility index (Phi) is 5.62. The Bertz CT molecular complexity index is 830. The Morgan fingerprint density at radius 1 is 0.964 bits per heavy atom. The number of para-hydroxylation sites is 1. The lowest BCUT2D eigenvalue weighted by molar-refractivity contribution is 0.170. The van der Waals surface area contributed by atoms with Crippen molar-refractivity contribution in [3.05, 3.63) is 35.9 Å². The quantitative estimate of drug-likeness (QED) is 0.759. The van der Waals surface area contributed by atoms with Gasteiger partial charge in [-0.05, 0) is 36.6 Å². The SMILES string of the molecule is COc1cc(-c2cccc(OC)c2OC)cc2c1OCCN(C1CCCC1)C2. The average Bonchev–Trinajstić information content (AvgIpc) is 3.19. The topological polar surface area (TPSA) is 40.2 Å². The van der Waals surface area contributed by atoms with Crippen molar-refractivity contribution >= 4 is 0 Å². The van der Waals surface area contributed by atoms with E-state index in [0.717, 1.165) is 47.2 Å². The Morgan fingerprint density at radius 3 is 2.46 bits per heavy atom. The normalized spacial score (nSPS) is 17.5. The molecule has 2 aromatic rings. The van der Waals surface area contributed by atoms with Crippen LogP contribution in [0, 0.1) is 0 Å². The van der Waals surface area contributed by atoms with Gasteiger partial charge in [-0.2, -0.15) is 0 Å². The highest BCUT2D eigenvalue weighted by Crippen LogP contribution is 2.43. The lowest BCUT2D eigenvalue weighted by Crippen LogP contribution is -2.34. The summed E-state index contributed by atoms with van der Waals surface area (Å²) in [6, 6.07) is 10.8. The Balaban J connectivity index is 1.77. The van der Waals surface area contributed by atoms with Crippen molar-refractivity contribution in [2.45, 2.75) is 38.3 Å². The van der Waals surface area contributed by atoms with Gasteiger partial charge in [-0.25, -0.2) is 0 Å². The van der Waals surface area contributed by atoms with Crippen LogP contribution in [0.5, 0.6) is 23.0 Å². The first kappa shape index (κ1) is 18.9. The molecule has 0 atom stereocenters. The number of fused-ring (bicyclic) bond motifs is 1. The predicted octanol–water partition coefficient (Wildman–Crippen LogP) is 4.52. The van der Waals surface area contributed by atoms with Crippen molar-refractivity contribution in [1.29, 1.82) is 0 Å². The largest absolute Gasteiger partial charge is 0.493 e. The van der Waals surface area contributed by atoms with Crippen LogP contribution in [-0.4, -0.2) is 45.4 Å². The number of benzene rings is 2. The van der Waals surface area contributed by atoms with Crippen molar-refractivity contribution in [2.75, 3.05) is 34.5 Å². The Labute approximate surface area is 167 Å². The maximum Gasteiger partial charge on any atom is 0.168 e. The van der Waals surface area contributed by atoms with E-state index in [0.29, 0.717) is 12.6 Å². The van der Waals surface area contributed by atoms with Gasteiger partial charge < -0.3 is 18.9 Å². The molecule has 0 spiro atoms. The first-order valence-electron chi connectivity index (χ1n) is 10.0. The summed E-state index contributed by atoms with van der Waals surface area (Å²) in [5, 5.41) is 0. The van der Waals surface area contributed by atoms with Gasteiger partial charge in [-0.3, -0.25) is 4.90 Å². The third-order valence-corrected chi connectivity index (χ3v) is 5.91. The number of ether oxygens (including phenoxy) is 4. The summed E-state index contributed by atoms with van der Waals surface area (Å²) < 4.78 is 23.0. The molecule has 1 aliphatic heterocycles. The first-order chi connectivity index (χ1) is 13.7. The fourth-order valence-corrected chi connectivity index (χ4v) is 4.51. The molecule has 1 heterocycles. The smallest absolute Gasteiger partial charge is 0.168 e. The average molecular weight is 383 g/mol. The maximum absolute atomic E-state index is 6.13. The molecule has 5 heteroatoms. The second-order valence-electron chi connectivity index (χ2n) is 7.47. The minimum Gasteiger partial charge on any atom is -0.493 e. The summed E-state index contributed by atoms with van der Waals surface area (Å²) in [6.45, 7) is 2.54. The van der Waals surface area contributed by atoms with Crippen LogP contribution in [0.1, 0.15) is 31.2 Å². The van der Waals surface area contributed by atoms with Gasteiger partial charge in [0.2, 0.25) is 0 Å². The van der Waals surface area contributed by atoms with E-state index in [1.807, 2.05) is 18.2 Å². The molecule has 150 valence electrons. The monoisotopic (exact) mass is 383 g/mol. The van der Waals surface area contributed by atoms with Crippen LogP contribution >= 0.6 is 0 Å². The highest BCUT2D eigenvalue weighted by Gasteiger charge is 2.27. The van der Waals surface area contributed by atoms with Crippen LogP contribution < -0.4 is 18.9 Å². The molecule has 0 saturated heterocycles. The van der Waals surface area contributed by atoms with Crippen LogP contribution in [0.15, 0.2) is 30.3 Å². The molecule has 0 bridgehead atoms. The molecule has 0 N–H and O–H groups in total. The highest BCUT2D eigenvalue weighted by molar-refractivity contribution is 5.77. The lowest BCUT2D eigenvalue weighted by atomic mass is 9.99. The standard InChI is InChI=1S/C23H29NO4/c1-25-20-10-6-9-19(23(20)27-3)16-13-17-15-24(18-7-4-5-8-18)11-12-28-22(17)21(14-16)26-2/h6,9-10,13-14,18H,4-5,7-8,11-12,15H2,1-3H3. The van der Waals surface area contributed by atoms with Crippen LogP contribution in [0.25, 0.3) is 11.1 Å². The number of nitrogens with zero attached hydrogens (tertiary/aromatic N) is 1. The molecular formula is C23H29NO4. The molecule has 5 nitrogen and oxygen atoms in total. The molecule has 2 aromatic carbocycles. The molecule has 28 heavy (non-hydrogen) atoms. The summed E-state index contributed by atoms with van der Waals surface area (Å²) in [5.74, 6) is 3.09. The van der Waals surface area contributed by atoms with Gasteiger partial charge in [-0.15, -0.1) is 0 Å². The number of methoxy groups -OCH3 is 3. The van der Waals surface area contributed by atoms with Crippen LogP contribution in [-0.2, 0) is 6.54 Å². The molecule has 4 rings (SSSR count). The van der Waals surface area contributed by atoms with Gasteiger partial charge in [0, 0.05) is 30.3 Å². The van der Waals surface area contributed by atoms with Crippen LogP contribution in [0.2, 0.25) is 0 Å². The number of rotatable bonds is 5. The summed E-state index contributed by atoms with van der Waals surface area (Å²) in [7, 11) is 5.03. The third-order valence-electron chi connectivity index (χ3n) is 5.91. The van der Waals surface area contributed by atoms with E-state index >= 15 is 0 Å². The molecule has 0 radical (unpaired) electrons. The summed E-state index contributed by atoms with van der Waals surface area (Å²) >= 11 is 0. The van der Waals surface area contributed by atoms with Gasteiger partial charge in [0.15, 0.2) is 23.0 Å². The number of hydrogen-bond donors (Lipinski definition) is 0. The molecule has 0 unspecified atom stereocenters. The van der Waals surface area contributed by atoms with Crippen molar-refractivity contribution in [3.8, 4) is 34.1 Å². The zero-order chi connectivity index (χ0) is 19.5. The molecule has 0 aromatic heterocycles. The molecular weight excluding hydrogens is 354 g/mol. The zero-order valence-electron chi connectivity index (χ0n) is 17.0. The summed E-state index contributed by atoms with van der Waals surface area (Å²) in [4.78, 5) is 2.57. The second kappa shape index (κ2) is 8.31. The Hall–Kier alpha value is -2.40. The molecule has 1 fully saturated rings. The van der Waals surface area contributed by atoms with E-state index in [1.165, 1.54) is 31.2 Å². The molecule has 0 amide bonds. The van der Waals surface area contributed by atoms with Crippen LogP contribution in [0.4, 0.5) is 0 Å². The number of hydrogen-bond acceptors (Lipinski definition) is 5.